The minimum Gasteiger partial charge on any atom is -0.395 e. The predicted molar refractivity (Wildman–Crippen MR) is 77.4 cm³/mol. The van der Waals surface area contributed by atoms with Gasteiger partial charge in [0, 0.05) is 19.7 Å². The van der Waals surface area contributed by atoms with Crippen molar-refractivity contribution in [2.75, 3.05) is 26.8 Å². The third-order valence-corrected chi connectivity index (χ3v) is 4.68. The fourth-order valence-electron chi connectivity index (χ4n) is 3.40. The smallest absolute Gasteiger partial charge is 0.235 e. The summed E-state index contributed by atoms with van der Waals surface area (Å²) >= 11 is 0. The van der Waals surface area contributed by atoms with Crippen LogP contribution in [0.3, 0.4) is 0 Å². The zero-order valence-electron chi connectivity index (χ0n) is 12.7. The van der Waals surface area contributed by atoms with Gasteiger partial charge in [-0.15, -0.1) is 0 Å². The van der Waals surface area contributed by atoms with Crippen LogP contribution in [0.25, 0.3) is 0 Å². The molecule has 1 aliphatic carbocycles. The van der Waals surface area contributed by atoms with Crippen LogP contribution in [0, 0.1) is 11.3 Å². The Labute approximate surface area is 126 Å². The quantitative estimate of drug-likeness (QED) is 0.767. The Hall–Kier alpha value is -1.16. The number of amides is 1. The first-order valence-electron chi connectivity index (χ1n) is 7.72. The molecule has 2 aliphatic rings. The average Bonchev–Trinajstić information content (AvgIpc) is 2.90. The molecular formula is C15H25N3O3. The van der Waals surface area contributed by atoms with E-state index in [1.165, 1.54) is 0 Å². The fourth-order valence-corrected chi connectivity index (χ4v) is 3.40. The van der Waals surface area contributed by atoms with Crippen molar-refractivity contribution in [2.45, 2.75) is 56.2 Å². The number of nitriles is 1. The van der Waals surface area contributed by atoms with Crippen molar-refractivity contribution >= 4 is 5.91 Å². The summed E-state index contributed by atoms with van der Waals surface area (Å²) in [6, 6.07) is 2.26. The maximum absolute atomic E-state index is 12.3. The minimum absolute atomic E-state index is 0.0243. The SMILES string of the molecule is CO[C@@H]1C[C@@H](CO)N(CC(=O)NC2(C#N)CCCCC2)C1. The first-order chi connectivity index (χ1) is 10.1. The number of hydrogen-bond acceptors (Lipinski definition) is 5. The molecule has 1 saturated heterocycles. The Morgan fingerprint density at radius 1 is 1.48 bits per heavy atom. The molecule has 0 aromatic rings. The van der Waals surface area contributed by atoms with Crippen LogP contribution in [-0.2, 0) is 9.53 Å². The van der Waals surface area contributed by atoms with Gasteiger partial charge in [-0.25, -0.2) is 0 Å². The van der Waals surface area contributed by atoms with Crippen molar-refractivity contribution in [3.05, 3.63) is 0 Å². The van der Waals surface area contributed by atoms with Crippen LogP contribution < -0.4 is 5.32 Å². The second kappa shape index (κ2) is 7.21. The van der Waals surface area contributed by atoms with Gasteiger partial charge in [-0.2, -0.15) is 5.26 Å². The van der Waals surface area contributed by atoms with Gasteiger partial charge >= 0.3 is 0 Å². The number of likely N-dealkylation sites (tertiary alicyclic amines) is 1. The second-order valence-electron chi connectivity index (χ2n) is 6.16. The molecule has 6 heteroatoms. The predicted octanol–water partition coefficient (Wildman–Crippen LogP) is 0.411. The summed E-state index contributed by atoms with van der Waals surface area (Å²) in [5, 5.41) is 21.7. The van der Waals surface area contributed by atoms with Gasteiger partial charge in [0.15, 0.2) is 0 Å². The van der Waals surface area contributed by atoms with Crippen molar-refractivity contribution in [1.82, 2.24) is 10.2 Å². The highest BCUT2D eigenvalue weighted by atomic mass is 16.5. The largest absolute Gasteiger partial charge is 0.395 e. The monoisotopic (exact) mass is 295 g/mol. The second-order valence-corrected chi connectivity index (χ2v) is 6.16. The Balaban J connectivity index is 1.90. The molecule has 0 bridgehead atoms. The molecule has 118 valence electrons. The van der Waals surface area contributed by atoms with Crippen LogP contribution in [0.15, 0.2) is 0 Å². The molecule has 2 atom stereocenters. The van der Waals surface area contributed by atoms with E-state index in [9.17, 15) is 15.2 Å². The van der Waals surface area contributed by atoms with Crippen molar-refractivity contribution in [1.29, 1.82) is 5.26 Å². The molecule has 1 aliphatic heterocycles. The van der Waals surface area contributed by atoms with Crippen LogP contribution >= 0.6 is 0 Å². The van der Waals surface area contributed by atoms with Gasteiger partial charge in [-0.05, 0) is 19.3 Å². The van der Waals surface area contributed by atoms with Gasteiger partial charge in [0.25, 0.3) is 0 Å². The standard InChI is InChI=1S/C15H25N3O3/c1-21-13-7-12(10-19)18(8-13)9-14(20)17-15(11-16)5-3-2-4-6-15/h12-13,19H,2-10H2,1H3,(H,17,20)/t12-,13+/m0/s1. The number of ether oxygens (including phenoxy) is 1. The average molecular weight is 295 g/mol. The van der Waals surface area contributed by atoms with Crippen molar-refractivity contribution in [2.24, 2.45) is 0 Å². The molecule has 1 heterocycles. The summed E-state index contributed by atoms with van der Waals surface area (Å²) in [5.74, 6) is -0.131. The number of hydrogen-bond donors (Lipinski definition) is 2. The summed E-state index contributed by atoms with van der Waals surface area (Å²) in [4.78, 5) is 14.2. The summed E-state index contributed by atoms with van der Waals surface area (Å²) in [6.07, 6.45) is 5.38. The third-order valence-electron chi connectivity index (χ3n) is 4.68. The van der Waals surface area contributed by atoms with E-state index in [0.29, 0.717) is 6.54 Å². The zero-order chi connectivity index (χ0) is 15.3. The lowest BCUT2D eigenvalue weighted by atomic mass is 9.83. The Bertz CT molecular complexity index is 401. The molecular weight excluding hydrogens is 270 g/mol. The first-order valence-corrected chi connectivity index (χ1v) is 7.72. The van der Waals surface area contributed by atoms with Crippen LogP contribution in [0.4, 0.5) is 0 Å². The van der Waals surface area contributed by atoms with E-state index >= 15 is 0 Å². The molecule has 2 rings (SSSR count). The molecule has 0 radical (unpaired) electrons. The normalized spacial score (nSPS) is 29.0. The number of nitrogens with zero attached hydrogens (tertiary/aromatic N) is 2. The molecule has 6 nitrogen and oxygen atoms in total. The van der Waals surface area contributed by atoms with E-state index in [1.807, 2.05) is 4.90 Å². The molecule has 0 aromatic carbocycles. The van der Waals surface area contributed by atoms with Crippen LogP contribution in [0.2, 0.25) is 0 Å². The lowest BCUT2D eigenvalue weighted by Gasteiger charge is -2.32. The highest BCUT2D eigenvalue weighted by Crippen LogP contribution is 2.27. The molecule has 2 N–H and O–H groups in total. The third kappa shape index (κ3) is 3.94. The van der Waals surface area contributed by atoms with E-state index in [1.54, 1.807) is 7.11 Å². The summed E-state index contributed by atoms with van der Waals surface area (Å²) < 4.78 is 5.31. The lowest BCUT2D eigenvalue weighted by molar-refractivity contribution is -0.124. The van der Waals surface area contributed by atoms with Gasteiger partial charge in [-0.1, -0.05) is 19.3 Å². The highest BCUT2D eigenvalue weighted by molar-refractivity contribution is 5.79. The van der Waals surface area contributed by atoms with Gasteiger partial charge in [-0.3, -0.25) is 9.69 Å². The van der Waals surface area contributed by atoms with E-state index in [0.717, 1.165) is 38.5 Å². The number of methoxy groups -OCH3 is 1. The number of nitrogens with one attached hydrogen (secondary N) is 1. The van der Waals surface area contributed by atoms with Crippen LogP contribution in [0.5, 0.6) is 0 Å². The Kier molecular flexibility index (Phi) is 5.57. The summed E-state index contributed by atoms with van der Waals surface area (Å²) in [5.41, 5.74) is -0.690. The fraction of sp³-hybridized carbons (Fsp3) is 0.867. The van der Waals surface area contributed by atoms with Crippen LogP contribution in [-0.4, -0.2) is 60.4 Å². The Morgan fingerprint density at radius 2 is 2.19 bits per heavy atom. The molecule has 2 fully saturated rings. The number of carbonyl (C=O) groups is 1. The van der Waals surface area contributed by atoms with Gasteiger partial charge in [0.05, 0.1) is 25.3 Å². The zero-order valence-corrected chi connectivity index (χ0v) is 12.7. The number of carbonyl (C=O) groups excluding carboxylic acids is 1. The molecule has 21 heavy (non-hydrogen) atoms. The minimum atomic E-state index is -0.690. The van der Waals surface area contributed by atoms with Crippen molar-refractivity contribution < 1.29 is 14.6 Å². The number of rotatable bonds is 5. The van der Waals surface area contributed by atoms with Crippen molar-refractivity contribution in [3.8, 4) is 6.07 Å². The van der Waals surface area contributed by atoms with Crippen molar-refractivity contribution in [3.63, 3.8) is 0 Å². The van der Waals surface area contributed by atoms with E-state index in [2.05, 4.69) is 11.4 Å². The highest BCUT2D eigenvalue weighted by Gasteiger charge is 2.36. The van der Waals surface area contributed by atoms with E-state index in [-0.39, 0.29) is 31.2 Å². The molecule has 0 aromatic heterocycles. The van der Waals surface area contributed by atoms with Gasteiger partial charge < -0.3 is 15.2 Å². The molecule has 1 saturated carbocycles. The molecule has 0 unspecified atom stereocenters. The maximum Gasteiger partial charge on any atom is 0.235 e. The topological polar surface area (TPSA) is 85.6 Å². The molecule has 1 amide bonds. The van der Waals surface area contributed by atoms with Crippen LogP contribution in [0.1, 0.15) is 38.5 Å². The van der Waals surface area contributed by atoms with E-state index < -0.39 is 5.54 Å². The summed E-state index contributed by atoms with van der Waals surface area (Å²) in [7, 11) is 1.65. The van der Waals surface area contributed by atoms with Gasteiger partial charge in [0.1, 0.15) is 5.54 Å². The van der Waals surface area contributed by atoms with Gasteiger partial charge in [0.2, 0.25) is 5.91 Å². The summed E-state index contributed by atoms with van der Waals surface area (Å²) in [6.45, 7) is 0.889. The Morgan fingerprint density at radius 3 is 2.76 bits per heavy atom. The number of aliphatic hydroxyl groups is 1. The number of aliphatic hydroxyl groups excluding tert-OH is 1. The lowest BCUT2D eigenvalue weighted by Crippen LogP contribution is -2.52. The van der Waals surface area contributed by atoms with E-state index in [4.69, 9.17) is 4.74 Å². The first kappa shape index (κ1) is 16.2. The maximum atomic E-state index is 12.3. The molecule has 0 spiro atoms.